The Bertz CT molecular complexity index is 684. The smallest absolute Gasteiger partial charge is 0.249 e. The van der Waals surface area contributed by atoms with Crippen molar-refractivity contribution < 1.29 is 9.90 Å². The molecular formula is C18H20N2O2. The maximum atomic E-state index is 12.7. The Balaban J connectivity index is 1.73. The number of carbonyl (C=O) groups is 1. The molecule has 2 aromatic rings. The minimum atomic E-state index is -0.319. The van der Waals surface area contributed by atoms with Crippen LogP contribution in [0.25, 0.3) is 0 Å². The van der Waals surface area contributed by atoms with Crippen LogP contribution < -0.4 is 10.2 Å². The third-order valence-electron chi connectivity index (χ3n) is 4.02. The molecule has 0 aromatic heterocycles. The van der Waals surface area contributed by atoms with E-state index in [1.165, 1.54) is 5.56 Å². The first-order valence-electron chi connectivity index (χ1n) is 7.54. The number of amides is 1. The number of nitrogens with one attached hydrogen (secondary N) is 1. The summed E-state index contributed by atoms with van der Waals surface area (Å²) >= 11 is 0. The summed E-state index contributed by atoms with van der Waals surface area (Å²) in [6, 6.07) is 15.2. The predicted molar refractivity (Wildman–Crippen MR) is 87.9 cm³/mol. The standard InChI is InChI=1S/C18H20N2O2/c1-13(19-16-7-4-5-14(11-16)12-21)18(22)20-10-9-15-6-2-3-8-17(15)20/h2-8,11,13,19,21H,9-10,12H2,1H3. The number of aliphatic hydroxyl groups is 1. The highest BCUT2D eigenvalue weighted by atomic mass is 16.3. The summed E-state index contributed by atoms with van der Waals surface area (Å²) in [5.74, 6) is 0.0688. The normalized spacial score (nSPS) is 14.5. The highest BCUT2D eigenvalue weighted by Crippen LogP contribution is 2.28. The summed E-state index contributed by atoms with van der Waals surface area (Å²) in [6.07, 6.45) is 0.911. The molecule has 1 atom stereocenters. The van der Waals surface area contributed by atoms with Crippen LogP contribution >= 0.6 is 0 Å². The number of anilines is 2. The van der Waals surface area contributed by atoms with Gasteiger partial charge in [0.15, 0.2) is 0 Å². The number of hydrogen-bond donors (Lipinski definition) is 2. The minimum absolute atomic E-state index is 0.00263. The maximum Gasteiger partial charge on any atom is 0.249 e. The fourth-order valence-electron chi connectivity index (χ4n) is 2.87. The number of aliphatic hydroxyl groups excluding tert-OH is 1. The van der Waals surface area contributed by atoms with Gasteiger partial charge in [0.2, 0.25) is 5.91 Å². The van der Waals surface area contributed by atoms with E-state index in [4.69, 9.17) is 0 Å². The first kappa shape index (κ1) is 14.6. The monoisotopic (exact) mass is 296 g/mol. The van der Waals surface area contributed by atoms with Crippen LogP contribution in [0.5, 0.6) is 0 Å². The van der Waals surface area contributed by atoms with E-state index >= 15 is 0 Å². The topological polar surface area (TPSA) is 52.6 Å². The van der Waals surface area contributed by atoms with Gasteiger partial charge in [0.25, 0.3) is 0 Å². The lowest BCUT2D eigenvalue weighted by Crippen LogP contribution is -2.40. The molecule has 0 saturated carbocycles. The molecule has 0 spiro atoms. The second kappa shape index (κ2) is 6.20. The van der Waals surface area contributed by atoms with Crippen LogP contribution in [0, 0.1) is 0 Å². The SMILES string of the molecule is CC(Nc1cccc(CO)c1)C(=O)N1CCc2ccccc21. The van der Waals surface area contributed by atoms with E-state index < -0.39 is 0 Å². The van der Waals surface area contributed by atoms with Crippen molar-refractivity contribution in [2.45, 2.75) is 26.0 Å². The van der Waals surface area contributed by atoms with Crippen molar-refractivity contribution in [2.75, 3.05) is 16.8 Å². The Morgan fingerprint density at radius 1 is 1.27 bits per heavy atom. The molecule has 4 heteroatoms. The van der Waals surface area contributed by atoms with Crippen LogP contribution in [-0.2, 0) is 17.8 Å². The summed E-state index contributed by atoms with van der Waals surface area (Å²) in [5.41, 5.74) is 3.92. The van der Waals surface area contributed by atoms with Crippen LogP contribution in [0.3, 0.4) is 0 Å². The first-order valence-corrected chi connectivity index (χ1v) is 7.54. The molecule has 2 N–H and O–H groups in total. The molecule has 3 rings (SSSR count). The molecule has 4 nitrogen and oxygen atoms in total. The van der Waals surface area contributed by atoms with Crippen molar-refractivity contribution in [2.24, 2.45) is 0 Å². The van der Waals surface area contributed by atoms with E-state index in [0.717, 1.165) is 29.9 Å². The third-order valence-corrected chi connectivity index (χ3v) is 4.02. The van der Waals surface area contributed by atoms with Gasteiger partial charge in [-0.15, -0.1) is 0 Å². The minimum Gasteiger partial charge on any atom is -0.392 e. The van der Waals surface area contributed by atoms with Gasteiger partial charge in [0.05, 0.1) is 6.61 Å². The zero-order chi connectivity index (χ0) is 15.5. The van der Waals surface area contributed by atoms with Crippen molar-refractivity contribution >= 4 is 17.3 Å². The molecule has 2 aromatic carbocycles. The molecule has 22 heavy (non-hydrogen) atoms. The molecule has 1 aliphatic heterocycles. The maximum absolute atomic E-state index is 12.7. The van der Waals surface area contributed by atoms with Gasteiger partial charge in [0.1, 0.15) is 6.04 Å². The van der Waals surface area contributed by atoms with Gasteiger partial charge < -0.3 is 15.3 Å². The van der Waals surface area contributed by atoms with Gasteiger partial charge in [-0.3, -0.25) is 4.79 Å². The van der Waals surface area contributed by atoms with Gasteiger partial charge in [-0.05, 0) is 42.7 Å². The average molecular weight is 296 g/mol. The van der Waals surface area contributed by atoms with Crippen LogP contribution in [0.4, 0.5) is 11.4 Å². The van der Waals surface area contributed by atoms with Gasteiger partial charge in [0, 0.05) is 17.9 Å². The fraction of sp³-hybridized carbons (Fsp3) is 0.278. The van der Waals surface area contributed by atoms with Crippen molar-refractivity contribution in [3.05, 3.63) is 59.7 Å². The van der Waals surface area contributed by atoms with Gasteiger partial charge in [-0.25, -0.2) is 0 Å². The number of rotatable bonds is 4. The fourth-order valence-corrected chi connectivity index (χ4v) is 2.87. The van der Waals surface area contributed by atoms with E-state index in [1.807, 2.05) is 54.3 Å². The van der Waals surface area contributed by atoms with Gasteiger partial charge in [-0.1, -0.05) is 30.3 Å². The lowest BCUT2D eigenvalue weighted by Gasteiger charge is -2.23. The van der Waals surface area contributed by atoms with Crippen LogP contribution in [0.2, 0.25) is 0 Å². The summed E-state index contributed by atoms with van der Waals surface area (Å²) in [7, 11) is 0. The molecule has 1 heterocycles. The molecule has 0 radical (unpaired) electrons. The van der Waals surface area contributed by atoms with Crippen molar-refractivity contribution in [3.63, 3.8) is 0 Å². The first-order chi connectivity index (χ1) is 10.7. The number of benzene rings is 2. The summed E-state index contributed by atoms with van der Waals surface area (Å²) < 4.78 is 0. The van der Waals surface area contributed by atoms with E-state index in [0.29, 0.717) is 0 Å². The Labute approximate surface area is 130 Å². The van der Waals surface area contributed by atoms with Crippen LogP contribution in [0.15, 0.2) is 48.5 Å². The zero-order valence-electron chi connectivity index (χ0n) is 12.6. The van der Waals surface area contributed by atoms with E-state index in [9.17, 15) is 9.90 Å². The predicted octanol–water partition coefficient (Wildman–Crippen LogP) is 2.57. The second-order valence-electron chi connectivity index (χ2n) is 5.59. The lowest BCUT2D eigenvalue weighted by molar-refractivity contribution is -0.118. The summed E-state index contributed by atoms with van der Waals surface area (Å²) in [4.78, 5) is 14.5. The number of fused-ring (bicyclic) bond motifs is 1. The largest absolute Gasteiger partial charge is 0.392 e. The van der Waals surface area contributed by atoms with Gasteiger partial charge in [-0.2, -0.15) is 0 Å². The summed E-state index contributed by atoms with van der Waals surface area (Å²) in [5, 5.41) is 12.4. The average Bonchev–Trinajstić information content (AvgIpc) is 2.98. The highest BCUT2D eigenvalue weighted by molar-refractivity contribution is 6.00. The Hall–Kier alpha value is -2.33. The number of hydrogen-bond acceptors (Lipinski definition) is 3. The second-order valence-corrected chi connectivity index (χ2v) is 5.59. The molecule has 0 aliphatic carbocycles. The number of carbonyl (C=O) groups excluding carboxylic acids is 1. The Morgan fingerprint density at radius 2 is 2.09 bits per heavy atom. The van der Waals surface area contributed by atoms with E-state index in [-0.39, 0.29) is 18.6 Å². The molecule has 0 saturated heterocycles. The van der Waals surface area contributed by atoms with Crippen molar-refractivity contribution in [1.82, 2.24) is 0 Å². The number of para-hydroxylation sites is 1. The Morgan fingerprint density at radius 3 is 2.91 bits per heavy atom. The quantitative estimate of drug-likeness (QED) is 0.911. The van der Waals surface area contributed by atoms with Crippen LogP contribution in [0.1, 0.15) is 18.1 Å². The van der Waals surface area contributed by atoms with E-state index in [2.05, 4.69) is 11.4 Å². The Kier molecular flexibility index (Phi) is 4.11. The van der Waals surface area contributed by atoms with E-state index in [1.54, 1.807) is 0 Å². The molecule has 114 valence electrons. The molecular weight excluding hydrogens is 276 g/mol. The highest BCUT2D eigenvalue weighted by Gasteiger charge is 2.27. The zero-order valence-corrected chi connectivity index (χ0v) is 12.6. The lowest BCUT2D eigenvalue weighted by atomic mass is 10.1. The molecule has 1 amide bonds. The third kappa shape index (κ3) is 2.83. The van der Waals surface area contributed by atoms with Gasteiger partial charge >= 0.3 is 0 Å². The molecule has 0 fully saturated rings. The molecule has 1 aliphatic rings. The summed E-state index contributed by atoms with van der Waals surface area (Å²) in [6.45, 7) is 2.60. The van der Waals surface area contributed by atoms with Crippen molar-refractivity contribution in [1.29, 1.82) is 0 Å². The molecule has 0 bridgehead atoms. The van der Waals surface area contributed by atoms with Crippen LogP contribution in [-0.4, -0.2) is 23.6 Å². The molecule has 1 unspecified atom stereocenters. The number of nitrogens with zero attached hydrogens (tertiary/aromatic N) is 1. The van der Waals surface area contributed by atoms with Crippen molar-refractivity contribution in [3.8, 4) is 0 Å².